The van der Waals surface area contributed by atoms with Crippen molar-refractivity contribution in [1.29, 1.82) is 0 Å². The molecular weight excluding hydrogens is 162 g/mol. The topological polar surface area (TPSA) is 22.1 Å². The molecule has 0 saturated carbocycles. The Hall–Kier alpha value is -1.05. The Labute approximate surface area is 80.0 Å². The lowest BCUT2D eigenvalue weighted by atomic mass is 10.2. The number of pyridine rings is 1. The average molecular weight is 179 g/mol. The van der Waals surface area contributed by atoms with E-state index >= 15 is 0 Å². The maximum Gasteiger partial charge on any atom is 0.213 e. The number of rotatable bonds is 4. The van der Waals surface area contributed by atoms with Gasteiger partial charge in [0, 0.05) is 12.3 Å². The molecule has 1 aromatic heterocycles. The van der Waals surface area contributed by atoms with Crippen LogP contribution in [0.1, 0.15) is 32.3 Å². The summed E-state index contributed by atoms with van der Waals surface area (Å²) in [5.41, 5.74) is 1.16. The van der Waals surface area contributed by atoms with Crippen LogP contribution >= 0.6 is 0 Å². The minimum atomic E-state index is 0.264. The summed E-state index contributed by atoms with van der Waals surface area (Å²) in [5, 5.41) is 0. The summed E-state index contributed by atoms with van der Waals surface area (Å²) in [5.74, 6) is 0.728. The second-order valence-corrected chi connectivity index (χ2v) is 3.39. The second-order valence-electron chi connectivity index (χ2n) is 3.39. The molecule has 0 bridgehead atoms. The van der Waals surface area contributed by atoms with Crippen molar-refractivity contribution < 1.29 is 4.74 Å². The van der Waals surface area contributed by atoms with E-state index in [0.717, 1.165) is 24.3 Å². The third-order valence-electron chi connectivity index (χ3n) is 1.90. The zero-order valence-corrected chi connectivity index (χ0v) is 8.58. The summed E-state index contributed by atoms with van der Waals surface area (Å²) in [4.78, 5) is 4.18. The van der Waals surface area contributed by atoms with E-state index in [1.807, 2.05) is 25.3 Å². The smallest absolute Gasteiger partial charge is 0.213 e. The number of hydrogen-bond acceptors (Lipinski definition) is 2. The number of nitrogens with zero attached hydrogens (tertiary/aromatic N) is 1. The van der Waals surface area contributed by atoms with Gasteiger partial charge in [0.1, 0.15) is 0 Å². The third-order valence-corrected chi connectivity index (χ3v) is 1.90. The van der Waals surface area contributed by atoms with Crippen molar-refractivity contribution in [1.82, 2.24) is 4.98 Å². The van der Waals surface area contributed by atoms with E-state index in [4.69, 9.17) is 4.74 Å². The number of hydrogen-bond donors (Lipinski definition) is 0. The molecule has 0 fully saturated rings. The van der Waals surface area contributed by atoms with E-state index in [1.54, 1.807) is 0 Å². The molecule has 2 heteroatoms. The molecule has 0 aliphatic carbocycles. The average Bonchev–Trinajstić information content (AvgIpc) is 2.09. The molecule has 13 heavy (non-hydrogen) atoms. The monoisotopic (exact) mass is 179 g/mol. The summed E-state index contributed by atoms with van der Waals surface area (Å²) < 4.78 is 5.60. The molecule has 0 saturated heterocycles. The Balaban J connectivity index is 2.49. The first-order valence-electron chi connectivity index (χ1n) is 4.81. The molecule has 0 N–H and O–H groups in total. The molecule has 0 aromatic carbocycles. The zero-order chi connectivity index (χ0) is 9.68. The van der Waals surface area contributed by atoms with Crippen molar-refractivity contribution in [3.63, 3.8) is 0 Å². The zero-order valence-electron chi connectivity index (χ0n) is 8.58. The highest BCUT2D eigenvalue weighted by molar-refractivity contribution is 5.16. The van der Waals surface area contributed by atoms with Gasteiger partial charge in [-0.15, -0.1) is 0 Å². The maximum atomic E-state index is 5.60. The van der Waals surface area contributed by atoms with Crippen LogP contribution in [-0.2, 0) is 0 Å². The quantitative estimate of drug-likeness (QED) is 0.709. The van der Waals surface area contributed by atoms with Gasteiger partial charge in [0.15, 0.2) is 0 Å². The Bertz CT molecular complexity index is 243. The molecule has 0 aliphatic rings. The number of aromatic nitrogens is 1. The van der Waals surface area contributed by atoms with Crippen molar-refractivity contribution in [2.24, 2.45) is 0 Å². The van der Waals surface area contributed by atoms with Crippen LogP contribution < -0.4 is 4.74 Å². The van der Waals surface area contributed by atoms with Crippen LogP contribution in [0.3, 0.4) is 0 Å². The van der Waals surface area contributed by atoms with Gasteiger partial charge in [-0.05, 0) is 25.8 Å². The van der Waals surface area contributed by atoms with Gasteiger partial charge in [-0.1, -0.05) is 19.4 Å². The Morgan fingerprint density at radius 2 is 2.23 bits per heavy atom. The highest BCUT2D eigenvalue weighted by Gasteiger charge is 2.02. The van der Waals surface area contributed by atoms with Gasteiger partial charge in [-0.2, -0.15) is 0 Å². The molecule has 1 aromatic rings. The standard InChI is InChI=1S/C11H17NO/c1-4-5-10(3)13-11-7-6-9(2)8-12-11/h6-8,10H,4-5H2,1-3H3. The molecule has 1 atom stereocenters. The van der Waals surface area contributed by atoms with Crippen molar-refractivity contribution in [3.05, 3.63) is 23.9 Å². The van der Waals surface area contributed by atoms with Gasteiger partial charge in [0.2, 0.25) is 5.88 Å². The first-order chi connectivity index (χ1) is 6.22. The van der Waals surface area contributed by atoms with Gasteiger partial charge in [0.25, 0.3) is 0 Å². The maximum absolute atomic E-state index is 5.60. The molecule has 0 aliphatic heterocycles. The van der Waals surface area contributed by atoms with Crippen molar-refractivity contribution >= 4 is 0 Å². The molecular formula is C11H17NO. The van der Waals surface area contributed by atoms with Gasteiger partial charge in [-0.25, -0.2) is 4.98 Å². The van der Waals surface area contributed by atoms with Crippen LogP contribution in [-0.4, -0.2) is 11.1 Å². The number of aryl methyl sites for hydroxylation is 1. The summed E-state index contributed by atoms with van der Waals surface area (Å²) in [6.45, 7) is 6.25. The summed E-state index contributed by atoms with van der Waals surface area (Å²) >= 11 is 0. The predicted molar refractivity (Wildman–Crippen MR) is 54.0 cm³/mol. The second kappa shape index (κ2) is 4.85. The van der Waals surface area contributed by atoms with E-state index in [9.17, 15) is 0 Å². The fraction of sp³-hybridized carbons (Fsp3) is 0.545. The van der Waals surface area contributed by atoms with E-state index in [2.05, 4.69) is 18.8 Å². The molecule has 2 nitrogen and oxygen atoms in total. The largest absolute Gasteiger partial charge is 0.475 e. The fourth-order valence-electron chi connectivity index (χ4n) is 1.20. The number of ether oxygens (including phenoxy) is 1. The Morgan fingerprint density at radius 3 is 2.77 bits per heavy atom. The summed E-state index contributed by atoms with van der Waals surface area (Å²) in [7, 11) is 0. The van der Waals surface area contributed by atoms with Crippen molar-refractivity contribution in [2.45, 2.75) is 39.7 Å². The first-order valence-corrected chi connectivity index (χ1v) is 4.81. The van der Waals surface area contributed by atoms with Crippen molar-refractivity contribution in [2.75, 3.05) is 0 Å². The molecule has 0 radical (unpaired) electrons. The van der Waals surface area contributed by atoms with E-state index in [0.29, 0.717) is 0 Å². The Morgan fingerprint density at radius 1 is 1.46 bits per heavy atom. The van der Waals surface area contributed by atoms with Crippen LogP contribution in [0, 0.1) is 6.92 Å². The highest BCUT2D eigenvalue weighted by Crippen LogP contribution is 2.10. The van der Waals surface area contributed by atoms with Gasteiger partial charge >= 0.3 is 0 Å². The summed E-state index contributed by atoms with van der Waals surface area (Å²) in [6.07, 6.45) is 4.32. The molecule has 0 spiro atoms. The lowest BCUT2D eigenvalue weighted by molar-refractivity contribution is 0.201. The molecule has 1 rings (SSSR count). The SMILES string of the molecule is CCCC(C)Oc1ccc(C)cn1. The van der Waals surface area contributed by atoms with Gasteiger partial charge in [-0.3, -0.25) is 0 Å². The molecule has 1 heterocycles. The third kappa shape index (κ3) is 3.45. The normalized spacial score (nSPS) is 12.5. The van der Waals surface area contributed by atoms with Crippen LogP contribution in [0.25, 0.3) is 0 Å². The van der Waals surface area contributed by atoms with Gasteiger partial charge in [0.05, 0.1) is 6.10 Å². The van der Waals surface area contributed by atoms with Crippen molar-refractivity contribution in [3.8, 4) is 5.88 Å². The van der Waals surface area contributed by atoms with Crippen LogP contribution in [0.15, 0.2) is 18.3 Å². The first kappa shape index (κ1) is 10.0. The fourth-order valence-corrected chi connectivity index (χ4v) is 1.20. The summed E-state index contributed by atoms with van der Waals surface area (Å²) in [6, 6.07) is 3.93. The molecule has 72 valence electrons. The Kier molecular flexibility index (Phi) is 3.74. The van der Waals surface area contributed by atoms with E-state index in [1.165, 1.54) is 0 Å². The van der Waals surface area contributed by atoms with Crippen LogP contribution in [0.5, 0.6) is 5.88 Å². The van der Waals surface area contributed by atoms with Crippen LogP contribution in [0.2, 0.25) is 0 Å². The van der Waals surface area contributed by atoms with Gasteiger partial charge < -0.3 is 4.74 Å². The lowest BCUT2D eigenvalue weighted by Crippen LogP contribution is -2.11. The molecule has 1 unspecified atom stereocenters. The predicted octanol–water partition coefficient (Wildman–Crippen LogP) is 2.96. The molecule has 0 amide bonds. The minimum Gasteiger partial charge on any atom is -0.475 e. The highest BCUT2D eigenvalue weighted by atomic mass is 16.5. The van der Waals surface area contributed by atoms with Crippen LogP contribution in [0.4, 0.5) is 0 Å². The lowest BCUT2D eigenvalue weighted by Gasteiger charge is -2.12. The van der Waals surface area contributed by atoms with E-state index in [-0.39, 0.29) is 6.10 Å². The minimum absolute atomic E-state index is 0.264. The van der Waals surface area contributed by atoms with E-state index < -0.39 is 0 Å².